The third-order valence-corrected chi connectivity index (χ3v) is 1.84. The van der Waals surface area contributed by atoms with Crippen LogP contribution in [0.2, 0.25) is 0 Å². The Labute approximate surface area is 80.4 Å². The summed E-state index contributed by atoms with van der Waals surface area (Å²) in [5.74, 6) is 0. The highest BCUT2D eigenvalue weighted by atomic mass is 16.7. The average molecular weight is 187 g/mol. The van der Waals surface area contributed by atoms with E-state index in [1.165, 1.54) is 25.7 Å². The van der Waals surface area contributed by atoms with E-state index in [4.69, 9.17) is 0 Å². The van der Waals surface area contributed by atoms with Crippen molar-refractivity contribution < 1.29 is 14.3 Å². The molecule has 0 aliphatic carbocycles. The number of ether oxygens (including phenoxy) is 2. The third kappa shape index (κ3) is 9.18. The van der Waals surface area contributed by atoms with Crippen molar-refractivity contribution in [2.45, 2.75) is 45.4 Å². The van der Waals surface area contributed by atoms with E-state index in [1.54, 1.807) is 0 Å². The molecule has 0 saturated carbocycles. The molecule has 13 heavy (non-hydrogen) atoms. The molecule has 0 heterocycles. The topological polar surface area (TPSA) is 35.5 Å². The summed E-state index contributed by atoms with van der Waals surface area (Å²) >= 11 is 0. The van der Waals surface area contributed by atoms with E-state index in [1.807, 2.05) is 0 Å². The Morgan fingerprint density at radius 1 is 1.15 bits per heavy atom. The highest BCUT2D eigenvalue weighted by Crippen LogP contribution is 2.04. The van der Waals surface area contributed by atoms with Crippen molar-refractivity contribution >= 4 is 6.16 Å². The molecule has 0 aliphatic rings. The molecule has 0 rings (SSSR count). The van der Waals surface area contributed by atoms with Gasteiger partial charge in [0.05, 0.1) is 6.61 Å². The summed E-state index contributed by atoms with van der Waals surface area (Å²) in [6, 6.07) is 0. The van der Waals surface area contributed by atoms with E-state index in [0.717, 1.165) is 12.8 Å². The van der Waals surface area contributed by atoms with Crippen LogP contribution in [0.3, 0.4) is 0 Å². The zero-order valence-corrected chi connectivity index (χ0v) is 8.38. The summed E-state index contributed by atoms with van der Waals surface area (Å²) in [6.07, 6.45) is 6.39. The number of hydrogen-bond acceptors (Lipinski definition) is 3. The first-order valence-corrected chi connectivity index (χ1v) is 4.90. The molecule has 0 aromatic rings. The molecule has 77 valence electrons. The zero-order chi connectivity index (χ0) is 9.94. The van der Waals surface area contributed by atoms with Gasteiger partial charge in [-0.3, -0.25) is 0 Å². The number of unbranched alkanes of at least 4 members (excludes halogenated alkanes) is 5. The minimum Gasteiger partial charge on any atom is -0.434 e. The van der Waals surface area contributed by atoms with Crippen molar-refractivity contribution in [1.29, 1.82) is 0 Å². The fraction of sp³-hybridized carbons (Fsp3) is 0.800. The van der Waals surface area contributed by atoms with Crippen LogP contribution in [0.1, 0.15) is 45.4 Å². The second kappa shape index (κ2) is 9.36. The molecule has 0 aliphatic heterocycles. The monoisotopic (exact) mass is 187 g/mol. The summed E-state index contributed by atoms with van der Waals surface area (Å²) in [4.78, 5) is 10.4. The lowest BCUT2D eigenvalue weighted by Gasteiger charge is -2.02. The zero-order valence-electron chi connectivity index (χ0n) is 8.38. The van der Waals surface area contributed by atoms with Crippen LogP contribution >= 0.6 is 0 Å². The molecule has 1 radical (unpaired) electrons. The summed E-state index contributed by atoms with van der Waals surface area (Å²) in [5, 5.41) is 0. The van der Waals surface area contributed by atoms with Crippen molar-refractivity contribution in [2.75, 3.05) is 6.61 Å². The standard InChI is InChI=1S/C10H19O3/c1-3-4-5-6-7-8-9-13-10(11)12-2/h2-9H2,1H3. The van der Waals surface area contributed by atoms with Gasteiger partial charge in [0.25, 0.3) is 0 Å². The van der Waals surface area contributed by atoms with E-state index in [2.05, 4.69) is 23.5 Å². The molecular weight excluding hydrogens is 168 g/mol. The Morgan fingerprint density at radius 2 is 1.77 bits per heavy atom. The number of hydrogen-bond donors (Lipinski definition) is 0. The minimum atomic E-state index is -0.687. The fourth-order valence-electron chi connectivity index (χ4n) is 1.08. The molecule has 3 heteroatoms. The highest BCUT2D eigenvalue weighted by Gasteiger charge is 1.98. The number of carbonyl (C=O) groups excluding carboxylic acids is 1. The van der Waals surface area contributed by atoms with Crippen molar-refractivity contribution in [1.82, 2.24) is 0 Å². The largest absolute Gasteiger partial charge is 0.508 e. The molecule has 0 atom stereocenters. The molecular formula is C10H19O3. The Bertz CT molecular complexity index is 123. The van der Waals surface area contributed by atoms with Crippen molar-refractivity contribution in [3.8, 4) is 0 Å². The van der Waals surface area contributed by atoms with Gasteiger partial charge in [-0.15, -0.1) is 0 Å². The van der Waals surface area contributed by atoms with Crippen molar-refractivity contribution in [2.24, 2.45) is 0 Å². The summed E-state index contributed by atoms with van der Waals surface area (Å²) in [7, 11) is 2.95. The molecule has 0 spiro atoms. The SMILES string of the molecule is [CH2]OC(=O)OCCCCCCCC. The van der Waals surface area contributed by atoms with Gasteiger partial charge >= 0.3 is 6.16 Å². The summed E-state index contributed by atoms with van der Waals surface area (Å²) in [5.41, 5.74) is 0. The molecule has 3 nitrogen and oxygen atoms in total. The predicted molar refractivity (Wildman–Crippen MR) is 51.2 cm³/mol. The molecule has 0 bridgehead atoms. The number of carbonyl (C=O) groups is 1. The van der Waals surface area contributed by atoms with Crippen LogP contribution in [0.25, 0.3) is 0 Å². The van der Waals surface area contributed by atoms with Crippen LogP contribution in [0.15, 0.2) is 0 Å². The van der Waals surface area contributed by atoms with Crippen LogP contribution in [0, 0.1) is 7.11 Å². The van der Waals surface area contributed by atoms with E-state index in [9.17, 15) is 4.79 Å². The van der Waals surface area contributed by atoms with Crippen LogP contribution in [0.4, 0.5) is 4.79 Å². The Balaban J connectivity index is 2.95. The van der Waals surface area contributed by atoms with Gasteiger partial charge in [0.15, 0.2) is 0 Å². The first kappa shape index (κ1) is 12.3. The molecule has 0 N–H and O–H groups in total. The quantitative estimate of drug-likeness (QED) is 0.453. The van der Waals surface area contributed by atoms with Gasteiger partial charge in [-0.1, -0.05) is 39.0 Å². The predicted octanol–water partition coefficient (Wildman–Crippen LogP) is 3.29. The Kier molecular flexibility index (Phi) is 8.83. The van der Waals surface area contributed by atoms with E-state index in [0.29, 0.717) is 6.61 Å². The third-order valence-electron chi connectivity index (χ3n) is 1.84. The molecule has 0 amide bonds. The minimum absolute atomic E-state index is 0.445. The van der Waals surface area contributed by atoms with E-state index < -0.39 is 6.16 Å². The summed E-state index contributed by atoms with van der Waals surface area (Å²) < 4.78 is 8.76. The number of rotatable bonds is 7. The second-order valence-corrected chi connectivity index (χ2v) is 3.01. The lowest BCUT2D eigenvalue weighted by atomic mass is 10.1. The van der Waals surface area contributed by atoms with Crippen LogP contribution < -0.4 is 0 Å². The highest BCUT2D eigenvalue weighted by molar-refractivity contribution is 5.59. The first-order chi connectivity index (χ1) is 6.31. The Morgan fingerprint density at radius 3 is 2.38 bits per heavy atom. The molecule has 0 fully saturated rings. The van der Waals surface area contributed by atoms with Crippen LogP contribution in [-0.4, -0.2) is 12.8 Å². The maximum Gasteiger partial charge on any atom is 0.508 e. The molecule has 0 aromatic heterocycles. The van der Waals surface area contributed by atoms with Gasteiger partial charge in [-0.05, 0) is 6.42 Å². The van der Waals surface area contributed by atoms with Crippen LogP contribution in [0.5, 0.6) is 0 Å². The van der Waals surface area contributed by atoms with E-state index in [-0.39, 0.29) is 0 Å². The molecule has 0 unspecified atom stereocenters. The van der Waals surface area contributed by atoms with Gasteiger partial charge in [0.1, 0.15) is 7.11 Å². The van der Waals surface area contributed by atoms with E-state index >= 15 is 0 Å². The molecule has 0 aromatic carbocycles. The maximum atomic E-state index is 10.4. The first-order valence-electron chi connectivity index (χ1n) is 4.90. The van der Waals surface area contributed by atoms with Gasteiger partial charge in [-0.25, -0.2) is 4.79 Å². The average Bonchev–Trinajstić information content (AvgIpc) is 2.16. The van der Waals surface area contributed by atoms with Crippen molar-refractivity contribution in [3.63, 3.8) is 0 Å². The van der Waals surface area contributed by atoms with Crippen LogP contribution in [-0.2, 0) is 9.47 Å². The summed E-state index contributed by atoms with van der Waals surface area (Å²) in [6.45, 7) is 2.63. The fourth-order valence-corrected chi connectivity index (χ4v) is 1.08. The Hall–Kier alpha value is -0.730. The lowest BCUT2D eigenvalue weighted by molar-refractivity contribution is 0.0814. The normalized spacial score (nSPS) is 9.69. The van der Waals surface area contributed by atoms with Crippen molar-refractivity contribution in [3.05, 3.63) is 7.11 Å². The lowest BCUT2D eigenvalue weighted by Crippen LogP contribution is -2.04. The second-order valence-electron chi connectivity index (χ2n) is 3.01. The van der Waals surface area contributed by atoms with Gasteiger partial charge < -0.3 is 9.47 Å². The van der Waals surface area contributed by atoms with Gasteiger partial charge in [0.2, 0.25) is 0 Å². The molecule has 0 saturated heterocycles. The van der Waals surface area contributed by atoms with Gasteiger partial charge in [0, 0.05) is 0 Å². The smallest absolute Gasteiger partial charge is 0.434 e. The maximum absolute atomic E-state index is 10.4. The van der Waals surface area contributed by atoms with Gasteiger partial charge in [-0.2, -0.15) is 0 Å².